The molecular formula is C16H16N4O2S. The summed E-state index contributed by atoms with van der Waals surface area (Å²) in [6.45, 7) is 0.536. The number of anilines is 1. The van der Waals surface area contributed by atoms with Crippen LogP contribution in [0.4, 0.5) is 5.88 Å². The molecule has 6 nitrogen and oxygen atoms in total. The third-order valence-corrected chi connectivity index (χ3v) is 4.27. The molecule has 3 aromatic heterocycles. The van der Waals surface area contributed by atoms with Crippen molar-refractivity contribution in [3.8, 4) is 16.8 Å². The van der Waals surface area contributed by atoms with Gasteiger partial charge < -0.3 is 14.2 Å². The minimum Gasteiger partial charge on any atom is -0.468 e. The summed E-state index contributed by atoms with van der Waals surface area (Å²) in [4.78, 5) is 7.17. The maximum Gasteiger partial charge on any atom is 0.240 e. The van der Waals surface area contributed by atoms with Crippen molar-refractivity contribution in [1.29, 1.82) is 5.26 Å². The number of furan rings is 1. The van der Waals surface area contributed by atoms with Crippen molar-refractivity contribution < 1.29 is 8.83 Å². The highest BCUT2D eigenvalue weighted by Gasteiger charge is 2.20. The first-order valence-electron chi connectivity index (χ1n) is 7.07. The van der Waals surface area contributed by atoms with Gasteiger partial charge in [-0.15, -0.1) is 11.3 Å². The zero-order valence-corrected chi connectivity index (χ0v) is 13.6. The zero-order chi connectivity index (χ0) is 16.2. The molecule has 0 saturated carbocycles. The van der Waals surface area contributed by atoms with Gasteiger partial charge in [0.2, 0.25) is 17.5 Å². The molecular weight excluding hydrogens is 312 g/mol. The Bertz CT molecular complexity index is 785. The summed E-state index contributed by atoms with van der Waals surface area (Å²) in [6.07, 6.45) is 1.65. The summed E-state index contributed by atoms with van der Waals surface area (Å²) in [5.74, 6) is 1.69. The monoisotopic (exact) mass is 328 g/mol. The second-order valence-electron chi connectivity index (χ2n) is 5.16. The molecule has 0 aliphatic heterocycles. The van der Waals surface area contributed by atoms with Crippen LogP contribution in [-0.2, 0) is 0 Å². The molecule has 3 rings (SSSR count). The minimum atomic E-state index is 0.0202. The standard InChI is InChI=1S/C16H16N4O2S/c1-20(2)12(13-5-3-7-21-13)10-18-15-11(9-17)19-16(22-15)14-6-4-8-23-14/h3-8,12,18H,10H2,1-2H3/t12-/m0/s1. The van der Waals surface area contributed by atoms with Crippen molar-refractivity contribution in [3.63, 3.8) is 0 Å². The lowest BCUT2D eigenvalue weighted by Gasteiger charge is -2.22. The van der Waals surface area contributed by atoms with Crippen LogP contribution in [0.25, 0.3) is 10.8 Å². The van der Waals surface area contributed by atoms with E-state index in [9.17, 15) is 5.26 Å². The van der Waals surface area contributed by atoms with Gasteiger partial charge in [0.1, 0.15) is 11.8 Å². The van der Waals surface area contributed by atoms with Crippen LogP contribution in [0.1, 0.15) is 17.5 Å². The van der Waals surface area contributed by atoms with E-state index in [2.05, 4.69) is 16.4 Å². The average molecular weight is 328 g/mol. The van der Waals surface area contributed by atoms with Gasteiger partial charge in [0, 0.05) is 6.54 Å². The predicted molar refractivity (Wildman–Crippen MR) is 88.2 cm³/mol. The van der Waals surface area contributed by atoms with Gasteiger partial charge in [-0.2, -0.15) is 10.2 Å². The Kier molecular flexibility index (Phi) is 4.46. The van der Waals surface area contributed by atoms with Gasteiger partial charge in [-0.05, 0) is 37.7 Å². The van der Waals surface area contributed by atoms with E-state index in [-0.39, 0.29) is 11.7 Å². The number of nitrogens with one attached hydrogen (secondary N) is 1. The van der Waals surface area contributed by atoms with Crippen LogP contribution >= 0.6 is 11.3 Å². The number of nitriles is 1. The topological polar surface area (TPSA) is 78.2 Å². The third-order valence-electron chi connectivity index (χ3n) is 3.42. The summed E-state index contributed by atoms with van der Waals surface area (Å²) in [5.41, 5.74) is 0.255. The van der Waals surface area contributed by atoms with Crippen LogP contribution in [0.2, 0.25) is 0 Å². The van der Waals surface area contributed by atoms with Gasteiger partial charge in [0.15, 0.2) is 0 Å². The van der Waals surface area contributed by atoms with E-state index in [0.717, 1.165) is 10.6 Å². The van der Waals surface area contributed by atoms with Gasteiger partial charge in [-0.1, -0.05) is 6.07 Å². The SMILES string of the molecule is CN(C)[C@@H](CNc1oc(-c2cccs2)nc1C#N)c1ccco1. The van der Waals surface area contributed by atoms with Crippen molar-refractivity contribution >= 4 is 17.2 Å². The van der Waals surface area contributed by atoms with Crippen molar-refractivity contribution in [1.82, 2.24) is 9.88 Å². The van der Waals surface area contributed by atoms with Crippen LogP contribution in [-0.4, -0.2) is 30.5 Å². The summed E-state index contributed by atoms with van der Waals surface area (Å²) in [7, 11) is 3.94. The number of hydrogen-bond donors (Lipinski definition) is 1. The number of aromatic nitrogens is 1. The molecule has 0 radical (unpaired) electrons. The quantitative estimate of drug-likeness (QED) is 0.745. The van der Waals surface area contributed by atoms with Gasteiger partial charge in [-0.3, -0.25) is 4.90 Å². The largest absolute Gasteiger partial charge is 0.468 e. The molecule has 1 N–H and O–H groups in total. The van der Waals surface area contributed by atoms with E-state index in [1.165, 1.54) is 11.3 Å². The van der Waals surface area contributed by atoms with E-state index in [4.69, 9.17) is 8.83 Å². The normalized spacial score (nSPS) is 12.3. The molecule has 1 atom stereocenters. The fourth-order valence-corrected chi connectivity index (χ4v) is 2.88. The second kappa shape index (κ2) is 6.69. The minimum absolute atomic E-state index is 0.0202. The summed E-state index contributed by atoms with van der Waals surface area (Å²) >= 11 is 1.52. The summed E-state index contributed by atoms with van der Waals surface area (Å²) in [5, 5.41) is 14.4. The van der Waals surface area contributed by atoms with Gasteiger partial charge in [-0.25, -0.2) is 0 Å². The molecule has 3 aromatic rings. The molecule has 118 valence electrons. The van der Waals surface area contributed by atoms with Crippen LogP contribution in [0.3, 0.4) is 0 Å². The molecule has 0 aromatic carbocycles. The molecule has 0 spiro atoms. The number of nitrogens with zero attached hydrogens (tertiary/aromatic N) is 3. The molecule has 0 aliphatic rings. The Labute approximate surface area is 138 Å². The van der Waals surface area contributed by atoms with E-state index < -0.39 is 0 Å². The van der Waals surface area contributed by atoms with Crippen LogP contribution in [0, 0.1) is 11.3 Å². The maximum atomic E-state index is 9.25. The van der Waals surface area contributed by atoms with Crippen LogP contribution < -0.4 is 5.32 Å². The lowest BCUT2D eigenvalue weighted by atomic mass is 10.2. The Morgan fingerprint density at radius 3 is 2.87 bits per heavy atom. The number of thiophene rings is 1. The van der Waals surface area contributed by atoms with Crippen molar-refractivity contribution in [3.05, 3.63) is 47.4 Å². The Balaban J connectivity index is 1.78. The highest BCUT2D eigenvalue weighted by Crippen LogP contribution is 2.29. The molecule has 0 saturated heterocycles. The first-order valence-corrected chi connectivity index (χ1v) is 7.95. The van der Waals surface area contributed by atoms with Gasteiger partial charge >= 0.3 is 0 Å². The van der Waals surface area contributed by atoms with Crippen molar-refractivity contribution in [2.75, 3.05) is 26.0 Å². The zero-order valence-electron chi connectivity index (χ0n) is 12.8. The van der Waals surface area contributed by atoms with Crippen molar-refractivity contribution in [2.45, 2.75) is 6.04 Å². The maximum absolute atomic E-state index is 9.25. The van der Waals surface area contributed by atoms with Gasteiger partial charge in [0.05, 0.1) is 17.2 Å². The number of oxazole rings is 1. The smallest absolute Gasteiger partial charge is 0.240 e. The first-order chi connectivity index (χ1) is 11.2. The second-order valence-corrected chi connectivity index (χ2v) is 6.11. The average Bonchev–Trinajstić information content (AvgIpc) is 3.28. The lowest BCUT2D eigenvalue weighted by molar-refractivity contribution is 0.268. The molecule has 0 fully saturated rings. The Morgan fingerprint density at radius 2 is 2.26 bits per heavy atom. The van der Waals surface area contributed by atoms with Crippen LogP contribution in [0.15, 0.2) is 44.7 Å². The fourth-order valence-electron chi connectivity index (χ4n) is 2.23. The van der Waals surface area contributed by atoms with Crippen molar-refractivity contribution in [2.24, 2.45) is 0 Å². The van der Waals surface area contributed by atoms with E-state index in [0.29, 0.717) is 18.3 Å². The number of likely N-dealkylation sites (N-methyl/N-ethyl adjacent to an activating group) is 1. The predicted octanol–water partition coefficient (Wildman–Crippen LogP) is 3.58. The lowest BCUT2D eigenvalue weighted by Crippen LogP contribution is -2.26. The molecule has 7 heteroatoms. The molecule has 3 heterocycles. The summed E-state index contributed by atoms with van der Waals surface area (Å²) in [6, 6.07) is 9.70. The Hall–Kier alpha value is -2.56. The fraction of sp³-hybridized carbons (Fsp3) is 0.250. The third kappa shape index (κ3) is 3.28. The van der Waals surface area contributed by atoms with E-state index >= 15 is 0 Å². The van der Waals surface area contributed by atoms with E-state index in [1.54, 1.807) is 6.26 Å². The summed E-state index contributed by atoms with van der Waals surface area (Å²) < 4.78 is 11.2. The highest BCUT2D eigenvalue weighted by molar-refractivity contribution is 7.13. The molecule has 0 amide bonds. The molecule has 0 bridgehead atoms. The number of hydrogen-bond acceptors (Lipinski definition) is 7. The Morgan fingerprint density at radius 1 is 1.39 bits per heavy atom. The molecule has 23 heavy (non-hydrogen) atoms. The molecule has 0 unspecified atom stereocenters. The van der Waals surface area contributed by atoms with Gasteiger partial charge in [0.25, 0.3) is 0 Å². The van der Waals surface area contributed by atoms with Crippen LogP contribution in [0.5, 0.6) is 0 Å². The molecule has 0 aliphatic carbocycles. The van der Waals surface area contributed by atoms with E-state index in [1.807, 2.05) is 48.6 Å². The highest BCUT2D eigenvalue weighted by atomic mass is 32.1. The first kappa shape index (κ1) is 15.3. The number of rotatable bonds is 6.